The minimum absolute atomic E-state index is 0. The highest BCUT2D eigenvalue weighted by Gasteiger charge is 2.20. The molecule has 29 nitrogen and oxygen atoms in total. The first-order valence-corrected chi connectivity index (χ1v) is 25.8. The van der Waals surface area contributed by atoms with Crippen molar-refractivity contribution < 1.29 is 78.2 Å². The number of amides is 3. The van der Waals surface area contributed by atoms with Crippen molar-refractivity contribution in [3.05, 3.63) is 188 Å². The van der Waals surface area contributed by atoms with Gasteiger partial charge in [0.15, 0.2) is 28.6 Å². The first kappa shape index (κ1) is 70.9. The molecule has 0 aliphatic heterocycles. The van der Waals surface area contributed by atoms with E-state index in [0.717, 1.165) is 6.42 Å². The summed E-state index contributed by atoms with van der Waals surface area (Å²) in [5.41, 5.74) is 0.533. The van der Waals surface area contributed by atoms with E-state index in [1.807, 2.05) is 6.92 Å². The normalized spacial score (nSPS) is 11.6. The van der Waals surface area contributed by atoms with Crippen LogP contribution in [0.15, 0.2) is 199 Å². The van der Waals surface area contributed by atoms with Crippen LogP contribution in [0.1, 0.15) is 41.5 Å². The molecule has 0 aliphatic rings. The highest BCUT2D eigenvalue weighted by atomic mass is 16.6. The summed E-state index contributed by atoms with van der Waals surface area (Å²) in [5.74, 6) is -1.07. The van der Waals surface area contributed by atoms with Gasteiger partial charge in [0.05, 0.1) is 74.5 Å². The van der Waals surface area contributed by atoms with Crippen molar-refractivity contribution in [3.8, 4) is 34.5 Å². The maximum Gasteiger partial charge on any atom is 0.279 e. The van der Waals surface area contributed by atoms with Gasteiger partial charge in [-0.1, -0.05) is 50.7 Å². The molecular formula is C59H67N11O18. The molecule has 0 heterocycles. The molecule has 0 bridgehead atoms. The van der Waals surface area contributed by atoms with Gasteiger partial charge in [-0.15, -0.1) is 30.7 Å². The number of hydrogen-bond donors (Lipinski definition) is 8. The molecule has 0 spiro atoms. The number of ether oxygens (including phenoxy) is 6. The number of nitro benzene ring substituents is 2. The van der Waals surface area contributed by atoms with Crippen molar-refractivity contribution in [3.63, 3.8) is 0 Å². The molecule has 6 aromatic rings. The number of para-hydroxylation sites is 5. The van der Waals surface area contributed by atoms with E-state index >= 15 is 0 Å². The van der Waals surface area contributed by atoms with E-state index in [1.54, 1.807) is 97.1 Å². The lowest BCUT2D eigenvalue weighted by Gasteiger charge is -2.12. The van der Waals surface area contributed by atoms with Crippen LogP contribution in [0, 0.1) is 20.2 Å². The molecule has 0 radical (unpaired) electrons. The summed E-state index contributed by atoms with van der Waals surface area (Å²) >= 11 is 0. The highest BCUT2D eigenvalue weighted by Crippen LogP contribution is 2.35. The number of rotatable bonds is 26. The number of non-ortho nitro benzene ring substituents is 2. The first-order chi connectivity index (χ1) is 41.8. The van der Waals surface area contributed by atoms with E-state index in [-0.39, 0.29) is 96.7 Å². The first-order valence-electron chi connectivity index (χ1n) is 25.8. The topological polar surface area (TPSA) is 404 Å². The number of azo groups is 3. The lowest BCUT2D eigenvalue weighted by molar-refractivity contribution is -0.385. The number of nitro groups is 2. The van der Waals surface area contributed by atoms with E-state index in [1.165, 1.54) is 78.5 Å². The molecular weight excluding hydrogens is 1150 g/mol. The van der Waals surface area contributed by atoms with Gasteiger partial charge in [0.25, 0.3) is 29.1 Å². The van der Waals surface area contributed by atoms with Crippen LogP contribution in [-0.4, -0.2) is 107 Å². The van der Waals surface area contributed by atoms with Crippen LogP contribution in [0.4, 0.5) is 45.5 Å². The Kier molecular flexibility index (Phi) is 29.9. The molecule has 0 unspecified atom stereocenters. The second kappa shape index (κ2) is 37.1. The molecule has 0 fully saturated rings. The fourth-order valence-corrected chi connectivity index (χ4v) is 6.71. The van der Waals surface area contributed by atoms with Crippen LogP contribution < -0.4 is 44.4 Å². The molecule has 6 rings (SSSR count). The zero-order valence-corrected chi connectivity index (χ0v) is 48.1. The summed E-state index contributed by atoms with van der Waals surface area (Å²) in [7, 11) is 4.12. The van der Waals surface area contributed by atoms with Gasteiger partial charge in [0.2, 0.25) is 0 Å². The van der Waals surface area contributed by atoms with E-state index in [4.69, 9.17) is 38.6 Å². The zero-order valence-electron chi connectivity index (χ0n) is 48.1. The molecule has 466 valence electrons. The number of aliphatic hydroxyl groups is 5. The zero-order chi connectivity index (χ0) is 63.8. The second-order valence-electron chi connectivity index (χ2n) is 17.2. The van der Waals surface area contributed by atoms with E-state index in [2.05, 4.69) is 46.6 Å². The van der Waals surface area contributed by atoms with Crippen LogP contribution in [-0.2, 0) is 14.4 Å². The Labute approximate surface area is 504 Å². The Hall–Kier alpha value is -11.3. The maximum atomic E-state index is 12.6. The van der Waals surface area contributed by atoms with Crippen LogP contribution >= 0.6 is 0 Å². The average Bonchev–Trinajstić information content (AvgIpc) is 2.54. The summed E-state index contributed by atoms with van der Waals surface area (Å²) < 4.78 is 31.5. The Morgan fingerprint density at radius 2 is 0.852 bits per heavy atom. The number of allylic oxidation sites excluding steroid dienone is 3. The summed E-state index contributed by atoms with van der Waals surface area (Å²) in [4.78, 5) is 58.2. The largest absolute Gasteiger partial charge is 0.510 e. The number of hydrogen-bond acceptors (Lipinski definition) is 24. The van der Waals surface area contributed by atoms with Gasteiger partial charge in [-0.05, 0) is 100.0 Å². The lowest BCUT2D eigenvalue weighted by Crippen LogP contribution is -2.16. The number of benzene rings is 6. The Morgan fingerprint density at radius 1 is 0.477 bits per heavy atom. The Balaban J connectivity index is 0.000000344. The van der Waals surface area contributed by atoms with Gasteiger partial charge in [-0.3, -0.25) is 34.6 Å². The van der Waals surface area contributed by atoms with E-state index in [0.29, 0.717) is 52.4 Å². The van der Waals surface area contributed by atoms with Gasteiger partial charge in [-0.25, -0.2) is 0 Å². The number of carbonyl (C=O) groups is 3. The number of methoxy groups -OCH3 is 3. The predicted octanol–water partition coefficient (Wildman–Crippen LogP) is 12.6. The van der Waals surface area contributed by atoms with Crippen LogP contribution in [0.2, 0.25) is 0 Å². The third-order valence-electron chi connectivity index (χ3n) is 10.8. The molecule has 88 heavy (non-hydrogen) atoms. The molecule has 3 amide bonds. The van der Waals surface area contributed by atoms with Crippen molar-refractivity contribution in [2.24, 2.45) is 30.7 Å². The third kappa shape index (κ3) is 22.3. The van der Waals surface area contributed by atoms with Gasteiger partial charge < -0.3 is 69.9 Å². The lowest BCUT2D eigenvalue weighted by atomic mass is 10.2. The number of nitrogens with one attached hydrogen (secondary N) is 3. The van der Waals surface area contributed by atoms with Crippen molar-refractivity contribution in [2.75, 3.05) is 70.3 Å². The van der Waals surface area contributed by atoms with E-state index in [9.17, 15) is 49.9 Å². The van der Waals surface area contributed by atoms with Gasteiger partial charge in [0, 0.05) is 17.8 Å². The van der Waals surface area contributed by atoms with Crippen LogP contribution in [0.5, 0.6) is 34.5 Å². The summed E-state index contributed by atoms with van der Waals surface area (Å²) in [6.07, 6.45) is 0.882. The number of nitrogens with zero attached hydrogens (tertiary/aromatic N) is 8. The molecule has 6 aromatic carbocycles. The molecule has 8 N–H and O–H groups in total. The van der Waals surface area contributed by atoms with Gasteiger partial charge in [-0.2, -0.15) is 0 Å². The smallest absolute Gasteiger partial charge is 0.279 e. The minimum Gasteiger partial charge on any atom is -0.510 e. The van der Waals surface area contributed by atoms with E-state index < -0.39 is 33.3 Å². The summed E-state index contributed by atoms with van der Waals surface area (Å²) in [6, 6.07) is 34.3. The molecule has 0 saturated heterocycles. The van der Waals surface area contributed by atoms with Crippen molar-refractivity contribution >= 4 is 63.2 Å². The van der Waals surface area contributed by atoms with Gasteiger partial charge >= 0.3 is 0 Å². The van der Waals surface area contributed by atoms with Crippen molar-refractivity contribution in [1.82, 2.24) is 0 Å². The van der Waals surface area contributed by atoms with Crippen LogP contribution in [0.25, 0.3) is 0 Å². The Bertz CT molecular complexity index is 3520. The number of aliphatic hydroxyl groups excluding tert-OH is 5. The minimum atomic E-state index is -0.764. The molecule has 0 atom stereocenters. The van der Waals surface area contributed by atoms with Crippen molar-refractivity contribution in [1.29, 1.82) is 0 Å². The summed E-state index contributed by atoms with van der Waals surface area (Å²) in [6.45, 7) is 6.27. The Morgan fingerprint density at radius 3 is 1.26 bits per heavy atom. The van der Waals surface area contributed by atoms with Crippen LogP contribution in [0.3, 0.4) is 0 Å². The molecule has 0 aliphatic carbocycles. The van der Waals surface area contributed by atoms with Gasteiger partial charge in [0.1, 0.15) is 70.6 Å². The van der Waals surface area contributed by atoms with Crippen molar-refractivity contribution in [2.45, 2.75) is 41.5 Å². The number of carbonyl (C=O) groups excluding carboxylic acids is 3. The standard InChI is InChI=1S/C20H22N4O6.C19H20N4O7.C19H21N3O5.CH4/c1-4-11-30-16-8-5-14(6-9-16)21-20(26)19(13(2)25)23-22-17-10-7-15(24(27)28)12-18(17)29-3;1-12(25)18(19(26)20-14-5-3-4-6-16(14)30-10-9-24)22-21-15-8-7-13(23(27)28)11-17(15)29-2;1-13(24)18(19(25)20-14-7-3-5-9-16(14)26-2)22-21-15-8-4-6-10-17(15)27-12-11-23;/h5-10,12,25H,4,11H2,1-3H3,(H,21,26);3-8,11,24-25H,9-10H2,1-2H3,(H,20,26);3-10,23-24H,11-12H2,1-2H3,(H,20,25);1H4. The molecule has 29 heteroatoms. The SMILES string of the molecule is C.CCCOc1ccc(NC(=O)C(N=Nc2ccc([N+](=O)[O-])cc2OC)=C(C)O)cc1.COc1cc([N+](=O)[O-])ccc1N=NC(C(=O)Nc1ccccc1OCCO)=C(C)O.COc1ccccc1NC(=O)C(N=Nc1ccccc1OCCO)=C(C)O. The second-order valence-corrected chi connectivity index (χ2v) is 17.2. The fraction of sp³-hybridized carbons (Fsp3) is 0.237. The maximum absolute atomic E-state index is 12.6. The summed E-state index contributed by atoms with van der Waals surface area (Å²) in [5, 5.41) is 100. The molecule has 0 saturated carbocycles. The quantitative estimate of drug-likeness (QED) is 0.00822. The third-order valence-corrected chi connectivity index (χ3v) is 10.8. The molecule has 0 aromatic heterocycles. The average molecular weight is 1220 g/mol. The fourth-order valence-electron chi connectivity index (χ4n) is 6.71. The highest BCUT2D eigenvalue weighted by molar-refractivity contribution is 6.05. The monoisotopic (exact) mass is 1220 g/mol. The predicted molar refractivity (Wildman–Crippen MR) is 325 cm³/mol. The number of anilines is 3.